The number of benzene rings is 1. The first-order valence-electron chi connectivity index (χ1n) is 6.25. The predicted octanol–water partition coefficient (Wildman–Crippen LogP) is 3.46. The molecule has 1 aromatic heterocycles. The molecule has 4 nitrogen and oxygen atoms in total. The minimum absolute atomic E-state index is 0.00418. The fraction of sp³-hybridized carbons (Fsp3) is 0.333. The Morgan fingerprint density at radius 2 is 1.79 bits per heavy atom. The van der Waals surface area contributed by atoms with E-state index in [1.54, 1.807) is 6.07 Å². The molecule has 0 amide bonds. The Morgan fingerprint density at radius 1 is 1.11 bits per heavy atom. The number of rotatable bonds is 2. The molecule has 0 aliphatic carbocycles. The maximum Gasteiger partial charge on any atom is 0.224 e. The second kappa shape index (κ2) is 4.88. The van der Waals surface area contributed by atoms with E-state index in [9.17, 15) is 0 Å². The van der Waals surface area contributed by atoms with E-state index in [0.29, 0.717) is 5.88 Å². The minimum Gasteiger partial charge on any atom is -0.439 e. The Balaban J connectivity index is 2.38. The molecule has 100 valence electrons. The van der Waals surface area contributed by atoms with Crippen LogP contribution in [0.25, 0.3) is 0 Å². The molecule has 1 aromatic carbocycles. The van der Waals surface area contributed by atoms with Crippen molar-refractivity contribution in [2.45, 2.75) is 33.1 Å². The van der Waals surface area contributed by atoms with E-state index in [1.807, 2.05) is 25.1 Å². The monoisotopic (exact) mass is 257 g/mol. The second-order valence-corrected chi connectivity index (χ2v) is 5.55. The van der Waals surface area contributed by atoms with Crippen LogP contribution in [-0.2, 0) is 5.41 Å². The normalized spacial score (nSPS) is 11.4. The lowest BCUT2D eigenvalue weighted by atomic mass is 9.86. The third-order valence-electron chi connectivity index (χ3n) is 2.76. The van der Waals surface area contributed by atoms with E-state index in [1.165, 1.54) is 0 Å². The summed E-state index contributed by atoms with van der Waals surface area (Å²) in [5, 5.41) is 0. The van der Waals surface area contributed by atoms with Crippen LogP contribution in [-0.4, -0.2) is 9.97 Å². The smallest absolute Gasteiger partial charge is 0.224 e. The molecule has 0 unspecified atom stereocenters. The summed E-state index contributed by atoms with van der Waals surface area (Å²) in [4.78, 5) is 8.13. The summed E-state index contributed by atoms with van der Waals surface area (Å²) in [7, 11) is 0. The maximum absolute atomic E-state index is 5.87. The number of aromatic nitrogens is 2. The summed E-state index contributed by atoms with van der Waals surface area (Å²) in [6, 6.07) is 9.73. The molecule has 19 heavy (non-hydrogen) atoms. The molecule has 0 spiro atoms. The number of ether oxygens (including phenoxy) is 1. The topological polar surface area (TPSA) is 61.0 Å². The summed E-state index contributed by atoms with van der Waals surface area (Å²) >= 11 is 0. The van der Waals surface area contributed by atoms with Crippen LogP contribution < -0.4 is 10.5 Å². The van der Waals surface area contributed by atoms with Gasteiger partial charge in [-0.3, -0.25) is 0 Å². The van der Waals surface area contributed by atoms with Gasteiger partial charge in [0.1, 0.15) is 5.75 Å². The van der Waals surface area contributed by atoms with E-state index in [-0.39, 0.29) is 11.4 Å². The van der Waals surface area contributed by atoms with Crippen molar-refractivity contribution >= 4 is 5.95 Å². The molecule has 2 N–H and O–H groups in total. The van der Waals surface area contributed by atoms with Crippen molar-refractivity contribution in [3.8, 4) is 11.6 Å². The van der Waals surface area contributed by atoms with Crippen LogP contribution in [0.15, 0.2) is 30.3 Å². The first-order valence-corrected chi connectivity index (χ1v) is 6.25. The van der Waals surface area contributed by atoms with Crippen LogP contribution in [0.3, 0.4) is 0 Å². The van der Waals surface area contributed by atoms with Gasteiger partial charge in [-0.2, -0.15) is 4.98 Å². The van der Waals surface area contributed by atoms with Gasteiger partial charge in [-0.1, -0.05) is 39.0 Å². The van der Waals surface area contributed by atoms with Gasteiger partial charge in [0, 0.05) is 17.3 Å². The number of hydrogen-bond donors (Lipinski definition) is 1. The van der Waals surface area contributed by atoms with Gasteiger partial charge in [0.25, 0.3) is 0 Å². The molecule has 0 radical (unpaired) electrons. The number of hydrogen-bond acceptors (Lipinski definition) is 4. The molecule has 2 rings (SSSR count). The number of nitrogens with zero attached hydrogens (tertiary/aromatic N) is 2. The van der Waals surface area contributed by atoms with E-state index in [0.717, 1.165) is 17.0 Å². The Morgan fingerprint density at radius 3 is 2.42 bits per heavy atom. The Kier molecular flexibility index (Phi) is 3.42. The maximum atomic E-state index is 5.87. The molecular formula is C15H19N3O. The molecule has 0 aliphatic heterocycles. The van der Waals surface area contributed by atoms with Gasteiger partial charge in [0.05, 0.1) is 0 Å². The van der Waals surface area contributed by atoms with Crippen LogP contribution in [0.1, 0.15) is 32.0 Å². The van der Waals surface area contributed by atoms with Crippen molar-refractivity contribution < 1.29 is 4.74 Å². The van der Waals surface area contributed by atoms with Gasteiger partial charge in [-0.05, 0) is 18.4 Å². The SMILES string of the molecule is Cc1cc(Oc2ccccc2C(C)(C)C)nc(N)n1. The molecular weight excluding hydrogens is 238 g/mol. The first-order chi connectivity index (χ1) is 8.86. The van der Waals surface area contributed by atoms with E-state index < -0.39 is 0 Å². The molecule has 0 saturated heterocycles. The van der Waals surface area contributed by atoms with E-state index in [4.69, 9.17) is 10.5 Å². The van der Waals surface area contributed by atoms with Crippen molar-refractivity contribution in [2.75, 3.05) is 5.73 Å². The summed E-state index contributed by atoms with van der Waals surface area (Å²) in [5.74, 6) is 1.50. The zero-order chi connectivity index (χ0) is 14.0. The molecule has 0 bridgehead atoms. The van der Waals surface area contributed by atoms with Crippen LogP contribution in [0.4, 0.5) is 5.95 Å². The lowest BCUT2D eigenvalue weighted by Crippen LogP contribution is -2.12. The quantitative estimate of drug-likeness (QED) is 0.895. The van der Waals surface area contributed by atoms with Crippen LogP contribution >= 0.6 is 0 Å². The zero-order valence-corrected chi connectivity index (χ0v) is 11.8. The second-order valence-electron chi connectivity index (χ2n) is 5.55. The third-order valence-corrected chi connectivity index (χ3v) is 2.76. The van der Waals surface area contributed by atoms with Crippen molar-refractivity contribution in [3.63, 3.8) is 0 Å². The Labute approximate surface area is 113 Å². The number of aryl methyl sites for hydroxylation is 1. The van der Waals surface area contributed by atoms with E-state index in [2.05, 4.69) is 36.8 Å². The van der Waals surface area contributed by atoms with Crippen LogP contribution in [0, 0.1) is 6.92 Å². The van der Waals surface area contributed by atoms with Crippen LogP contribution in [0.2, 0.25) is 0 Å². The summed E-state index contributed by atoms with van der Waals surface area (Å²) in [5.41, 5.74) is 7.56. The highest BCUT2D eigenvalue weighted by molar-refractivity contribution is 5.41. The highest BCUT2D eigenvalue weighted by Crippen LogP contribution is 2.33. The Hall–Kier alpha value is -2.10. The van der Waals surface area contributed by atoms with Crippen molar-refractivity contribution in [1.29, 1.82) is 0 Å². The van der Waals surface area contributed by atoms with Gasteiger partial charge in [0.2, 0.25) is 11.8 Å². The fourth-order valence-electron chi connectivity index (χ4n) is 1.90. The summed E-state index contributed by atoms with van der Waals surface area (Å²) in [6.07, 6.45) is 0. The largest absolute Gasteiger partial charge is 0.439 e. The lowest BCUT2D eigenvalue weighted by Gasteiger charge is -2.22. The van der Waals surface area contributed by atoms with Crippen molar-refractivity contribution in [3.05, 3.63) is 41.6 Å². The van der Waals surface area contributed by atoms with Crippen molar-refractivity contribution in [2.24, 2.45) is 0 Å². The highest BCUT2D eigenvalue weighted by Gasteiger charge is 2.19. The molecule has 0 aliphatic rings. The number of anilines is 1. The zero-order valence-electron chi connectivity index (χ0n) is 11.8. The number of nitrogens with two attached hydrogens (primary N) is 1. The van der Waals surface area contributed by atoms with Crippen molar-refractivity contribution in [1.82, 2.24) is 9.97 Å². The molecule has 4 heteroatoms. The number of para-hydroxylation sites is 1. The molecule has 0 saturated carbocycles. The fourth-order valence-corrected chi connectivity index (χ4v) is 1.90. The average Bonchev–Trinajstić information content (AvgIpc) is 2.26. The molecule has 0 fully saturated rings. The summed E-state index contributed by atoms with van der Waals surface area (Å²) < 4.78 is 5.87. The Bertz CT molecular complexity index is 568. The molecule has 0 atom stereocenters. The first kappa shape index (κ1) is 13.3. The highest BCUT2D eigenvalue weighted by atomic mass is 16.5. The average molecular weight is 257 g/mol. The third kappa shape index (κ3) is 3.22. The van der Waals surface area contributed by atoms with Gasteiger partial charge in [0.15, 0.2) is 0 Å². The number of nitrogen functional groups attached to an aromatic ring is 1. The van der Waals surface area contributed by atoms with Gasteiger partial charge < -0.3 is 10.5 Å². The molecule has 1 heterocycles. The van der Waals surface area contributed by atoms with Gasteiger partial charge in [-0.25, -0.2) is 4.98 Å². The van der Waals surface area contributed by atoms with Crippen LogP contribution in [0.5, 0.6) is 11.6 Å². The molecule has 2 aromatic rings. The van der Waals surface area contributed by atoms with Gasteiger partial charge >= 0.3 is 0 Å². The standard InChI is InChI=1S/C15H19N3O/c1-10-9-13(18-14(16)17-10)19-12-8-6-5-7-11(12)15(2,3)4/h5-9H,1-4H3,(H2,16,17,18). The summed E-state index contributed by atoms with van der Waals surface area (Å²) in [6.45, 7) is 8.30. The lowest BCUT2D eigenvalue weighted by molar-refractivity contribution is 0.439. The van der Waals surface area contributed by atoms with Gasteiger partial charge in [-0.15, -0.1) is 0 Å². The minimum atomic E-state index is 0.00418. The van der Waals surface area contributed by atoms with E-state index >= 15 is 0 Å². The predicted molar refractivity (Wildman–Crippen MR) is 76.4 cm³/mol.